The van der Waals surface area contributed by atoms with Crippen LogP contribution in [0.3, 0.4) is 0 Å². The molecule has 212 valence electrons. The van der Waals surface area contributed by atoms with E-state index in [0.29, 0.717) is 49.9 Å². The van der Waals surface area contributed by atoms with Crippen LogP contribution in [0.5, 0.6) is 0 Å². The van der Waals surface area contributed by atoms with Gasteiger partial charge in [0.05, 0.1) is 17.0 Å². The van der Waals surface area contributed by atoms with Crippen molar-refractivity contribution < 1.29 is 28.0 Å². The van der Waals surface area contributed by atoms with Crippen molar-refractivity contribution in [1.29, 1.82) is 0 Å². The number of carbonyl (C=O) groups is 2. The van der Waals surface area contributed by atoms with E-state index in [-0.39, 0.29) is 18.0 Å². The third kappa shape index (κ3) is 9.23. The van der Waals surface area contributed by atoms with E-state index in [9.17, 15) is 14.0 Å². The van der Waals surface area contributed by atoms with E-state index in [1.54, 1.807) is 23.3 Å². The van der Waals surface area contributed by atoms with E-state index in [1.165, 1.54) is 12.1 Å². The Hall–Kier alpha value is -3.69. The maximum absolute atomic E-state index is 13.3. The Kier molecular flexibility index (Phi) is 10.3. The smallest absolute Gasteiger partial charge is 0.410 e. The fraction of sp³-hybridized carbons (Fsp3) is 0.517. The summed E-state index contributed by atoms with van der Waals surface area (Å²) in [5, 5.41) is 6.85. The number of nitrogens with zero attached hydrogens (tertiary/aromatic N) is 3. The van der Waals surface area contributed by atoms with Crippen molar-refractivity contribution in [2.24, 2.45) is 11.1 Å². The van der Waals surface area contributed by atoms with Crippen LogP contribution in [0.4, 0.5) is 9.18 Å². The number of rotatable bonds is 6. The molecule has 2 aliphatic heterocycles. The summed E-state index contributed by atoms with van der Waals surface area (Å²) in [6, 6.07) is 6.47. The Bertz CT molecular complexity index is 1170. The molecule has 1 aromatic carbocycles. The van der Waals surface area contributed by atoms with Gasteiger partial charge in [0.15, 0.2) is 0 Å². The average Bonchev–Trinajstić information content (AvgIpc) is 3.30. The van der Waals surface area contributed by atoms with Crippen LogP contribution < -0.4 is 5.32 Å². The molecule has 9 nitrogen and oxygen atoms in total. The molecular weight excluding hydrogens is 503 g/mol. The number of oxazole rings is 1. The molecule has 0 spiro atoms. The Morgan fingerprint density at radius 2 is 1.90 bits per heavy atom. The molecule has 0 bridgehead atoms. The Balaban J connectivity index is 0.000000631. The molecule has 2 aromatic rings. The fourth-order valence-electron chi connectivity index (χ4n) is 4.15. The molecule has 4 rings (SSSR count). The van der Waals surface area contributed by atoms with Crippen molar-refractivity contribution in [2.75, 3.05) is 13.1 Å². The summed E-state index contributed by atoms with van der Waals surface area (Å²) in [4.78, 5) is 34.0. The predicted molar refractivity (Wildman–Crippen MR) is 146 cm³/mol. The van der Waals surface area contributed by atoms with Gasteiger partial charge in [-0.1, -0.05) is 17.3 Å². The number of carbonyl (C=O) groups excluding carboxylic acids is 2. The number of piperidine rings is 1. The minimum Gasteiger partial charge on any atom is -0.444 e. The van der Waals surface area contributed by atoms with Crippen LogP contribution >= 0.6 is 0 Å². The molecule has 0 radical (unpaired) electrons. The first-order valence-electron chi connectivity index (χ1n) is 13.3. The molecule has 3 heterocycles. The molecule has 39 heavy (non-hydrogen) atoms. The van der Waals surface area contributed by atoms with Crippen molar-refractivity contribution in [3.05, 3.63) is 59.3 Å². The average molecular weight is 543 g/mol. The number of nitrogens with one attached hydrogen (secondary N) is 1. The molecule has 2 amide bonds. The molecule has 1 N–H and O–H groups in total. The number of hydrogen-bond donors (Lipinski definition) is 1. The Morgan fingerprint density at radius 3 is 2.41 bits per heavy atom. The standard InChI is InChI=1S/C25H30FN3O4.C4H9NO/c1-16-15-31-23(27-16)20-14-21(18-5-7-19(26)8-6-18)28-33-22(20)13-17-9-11-29(12-10-17)24(30)32-25(2,3)4;1-4(2)5-3-6/h5-8,15,17H,9-14H2,1-4H3;3-4H,1-2H3,(H,5,6). The van der Waals surface area contributed by atoms with E-state index in [4.69, 9.17) is 14.0 Å². The summed E-state index contributed by atoms with van der Waals surface area (Å²) in [5.74, 6) is 1.29. The number of benzene rings is 1. The highest BCUT2D eigenvalue weighted by molar-refractivity contribution is 6.06. The highest BCUT2D eigenvalue weighted by Crippen LogP contribution is 2.35. The number of aromatic nitrogens is 1. The van der Waals surface area contributed by atoms with Gasteiger partial charge in [0.25, 0.3) is 0 Å². The van der Waals surface area contributed by atoms with E-state index >= 15 is 0 Å². The van der Waals surface area contributed by atoms with Crippen LogP contribution in [0, 0.1) is 18.7 Å². The fourth-order valence-corrected chi connectivity index (χ4v) is 4.15. The Labute approximate surface area is 229 Å². The van der Waals surface area contributed by atoms with Gasteiger partial charge in [-0.3, -0.25) is 4.79 Å². The van der Waals surface area contributed by atoms with Crippen molar-refractivity contribution in [3.8, 4) is 0 Å². The van der Waals surface area contributed by atoms with Crippen LogP contribution in [-0.4, -0.2) is 52.8 Å². The van der Waals surface area contributed by atoms with Crippen LogP contribution in [0.1, 0.15) is 77.5 Å². The number of likely N-dealkylation sites (tertiary alicyclic amines) is 1. The number of hydrogen-bond acceptors (Lipinski definition) is 7. The van der Waals surface area contributed by atoms with Crippen molar-refractivity contribution in [2.45, 2.75) is 78.9 Å². The lowest BCUT2D eigenvalue weighted by atomic mass is 9.90. The quantitative estimate of drug-likeness (QED) is 0.460. The lowest BCUT2D eigenvalue weighted by Crippen LogP contribution is -2.41. The second-order valence-corrected chi connectivity index (χ2v) is 11.1. The van der Waals surface area contributed by atoms with Crippen molar-refractivity contribution in [3.63, 3.8) is 0 Å². The third-order valence-electron chi connectivity index (χ3n) is 6.14. The number of allylic oxidation sites excluding steroid dienone is 2. The maximum Gasteiger partial charge on any atom is 0.410 e. The summed E-state index contributed by atoms with van der Waals surface area (Å²) in [6.07, 6.45) is 4.90. The van der Waals surface area contributed by atoms with E-state index in [2.05, 4.69) is 15.5 Å². The van der Waals surface area contributed by atoms with Crippen LogP contribution in [0.25, 0.3) is 5.57 Å². The molecule has 0 aliphatic carbocycles. The maximum atomic E-state index is 13.3. The van der Waals surface area contributed by atoms with E-state index in [0.717, 1.165) is 35.4 Å². The second-order valence-electron chi connectivity index (χ2n) is 11.1. The molecule has 10 heteroatoms. The summed E-state index contributed by atoms with van der Waals surface area (Å²) in [5.41, 5.74) is 2.63. The van der Waals surface area contributed by atoms with Gasteiger partial charge in [0.1, 0.15) is 23.4 Å². The highest BCUT2D eigenvalue weighted by atomic mass is 19.1. The zero-order valence-corrected chi connectivity index (χ0v) is 23.6. The number of halogens is 1. The number of aryl methyl sites for hydroxylation is 1. The third-order valence-corrected chi connectivity index (χ3v) is 6.14. The summed E-state index contributed by atoms with van der Waals surface area (Å²) >= 11 is 0. The van der Waals surface area contributed by atoms with Gasteiger partial charge in [-0.15, -0.1) is 0 Å². The number of oxime groups is 1. The monoisotopic (exact) mass is 542 g/mol. The van der Waals surface area contributed by atoms with Gasteiger partial charge in [-0.2, -0.15) is 0 Å². The van der Waals surface area contributed by atoms with Gasteiger partial charge in [-0.05, 0) is 78.0 Å². The minimum atomic E-state index is -0.502. The topological polar surface area (TPSA) is 106 Å². The lowest BCUT2D eigenvalue weighted by molar-refractivity contribution is -0.109. The largest absolute Gasteiger partial charge is 0.444 e. The van der Waals surface area contributed by atoms with Gasteiger partial charge in [0.2, 0.25) is 12.3 Å². The zero-order chi connectivity index (χ0) is 28.6. The molecule has 1 fully saturated rings. The summed E-state index contributed by atoms with van der Waals surface area (Å²) in [7, 11) is 0. The number of amides is 2. The van der Waals surface area contributed by atoms with E-state index < -0.39 is 5.60 Å². The molecule has 0 saturated carbocycles. The van der Waals surface area contributed by atoms with Gasteiger partial charge in [-0.25, -0.2) is 14.2 Å². The normalized spacial score (nSPS) is 16.2. The van der Waals surface area contributed by atoms with Crippen LogP contribution in [0.15, 0.2) is 45.9 Å². The van der Waals surface area contributed by atoms with Gasteiger partial charge >= 0.3 is 6.09 Å². The zero-order valence-electron chi connectivity index (χ0n) is 23.6. The first-order valence-corrected chi connectivity index (χ1v) is 13.3. The molecule has 1 saturated heterocycles. The number of ether oxygens (including phenoxy) is 1. The van der Waals surface area contributed by atoms with Crippen LogP contribution in [-0.2, 0) is 14.4 Å². The Morgan fingerprint density at radius 1 is 1.23 bits per heavy atom. The van der Waals surface area contributed by atoms with Gasteiger partial charge in [0, 0.05) is 32.0 Å². The predicted octanol–water partition coefficient (Wildman–Crippen LogP) is 5.84. The first kappa shape index (κ1) is 29.9. The molecular formula is C29H39FN4O5. The first-order chi connectivity index (χ1) is 18.4. The van der Waals surface area contributed by atoms with Crippen molar-refractivity contribution in [1.82, 2.24) is 15.2 Å². The highest BCUT2D eigenvalue weighted by Gasteiger charge is 2.30. The van der Waals surface area contributed by atoms with Crippen molar-refractivity contribution >= 4 is 23.8 Å². The minimum absolute atomic E-state index is 0.265. The summed E-state index contributed by atoms with van der Waals surface area (Å²) in [6.45, 7) is 12.6. The van der Waals surface area contributed by atoms with E-state index in [1.807, 2.05) is 41.5 Å². The molecule has 0 atom stereocenters. The second kappa shape index (κ2) is 13.4. The molecule has 2 aliphatic rings. The SMILES string of the molecule is CC(C)NC=O.Cc1coc(C2=C(CC3CCN(C(=O)OC(C)(C)C)CC3)ON=C(c3ccc(F)cc3)C2)n1. The molecule has 0 unspecified atom stereocenters. The van der Waals surface area contributed by atoms with Gasteiger partial charge < -0.3 is 24.2 Å². The lowest BCUT2D eigenvalue weighted by Gasteiger charge is -2.33. The summed E-state index contributed by atoms with van der Waals surface area (Å²) < 4.78 is 24.5. The van der Waals surface area contributed by atoms with Crippen LogP contribution in [0.2, 0.25) is 0 Å². The molecule has 1 aromatic heterocycles.